The number of carbonyl (C=O) groups excluding carboxylic acids is 2. The van der Waals surface area contributed by atoms with Crippen molar-refractivity contribution in [2.45, 2.75) is 57.9 Å². The summed E-state index contributed by atoms with van der Waals surface area (Å²) in [6.45, 7) is 6.61. The van der Waals surface area contributed by atoms with Crippen LogP contribution < -0.4 is 10.6 Å². The van der Waals surface area contributed by atoms with E-state index >= 15 is 0 Å². The Balaban J connectivity index is 0.00000261. The summed E-state index contributed by atoms with van der Waals surface area (Å²) < 4.78 is 5.69. The smallest absolute Gasteiger partial charge is 0.254 e. The molecule has 2 N–H and O–H groups in total. The van der Waals surface area contributed by atoms with Gasteiger partial charge in [-0.1, -0.05) is 18.6 Å². The van der Waals surface area contributed by atoms with Crippen molar-refractivity contribution in [3.63, 3.8) is 0 Å². The topological polar surface area (TPSA) is 70.7 Å². The van der Waals surface area contributed by atoms with Gasteiger partial charge in [0.15, 0.2) is 0 Å². The molecule has 2 fully saturated rings. The molecule has 7 heteroatoms. The lowest BCUT2D eigenvalue weighted by molar-refractivity contribution is -0.123. The number of nitrogens with one attached hydrogen (secondary N) is 2. The average Bonchev–Trinajstić information content (AvgIpc) is 2.66. The van der Waals surface area contributed by atoms with Crippen molar-refractivity contribution in [1.82, 2.24) is 15.5 Å². The van der Waals surface area contributed by atoms with E-state index in [1.54, 1.807) is 0 Å². The van der Waals surface area contributed by atoms with Gasteiger partial charge in [0.25, 0.3) is 5.91 Å². The summed E-state index contributed by atoms with van der Waals surface area (Å²) in [7, 11) is 0. The number of morpholine rings is 1. The number of rotatable bonds is 4. The van der Waals surface area contributed by atoms with Crippen molar-refractivity contribution in [3.8, 4) is 0 Å². The van der Waals surface area contributed by atoms with Gasteiger partial charge in [0.1, 0.15) is 0 Å². The maximum Gasteiger partial charge on any atom is 0.254 e. The molecule has 2 heterocycles. The minimum Gasteiger partial charge on any atom is -0.372 e. The maximum atomic E-state index is 12.7. The van der Waals surface area contributed by atoms with Gasteiger partial charge < -0.3 is 20.3 Å². The predicted molar refractivity (Wildman–Crippen MR) is 107 cm³/mol. The molecule has 3 rings (SSSR count). The monoisotopic (exact) mass is 395 g/mol. The number of hydrogen-bond donors (Lipinski definition) is 2. The normalized spacial score (nSPS) is 25.4. The molecule has 3 atom stereocenters. The van der Waals surface area contributed by atoms with Crippen LogP contribution in [0.2, 0.25) is 0 Å². The standard InChI is InChI=1S/C20H29N3O3.ClH/c1-14-12-23(13-15(2)26-14)20(25)17-8-6-16(7-9-17)11-22-19(24)18-5-3-4-10-21-18;/h6-9,14-15,18,21H,3-5,10-13H2,1-2H3,(H,22,24);1H. The van der Waals surface area contributed by atoms with Crippen LogP contribution in [0.25, 0.3) is 0 Å². The second-order valence-corrected chi connectivity index (χ2v) is 7.38. The van der Waals surface area contributed by atoms with Gasteiger partial charge in [-0.05, 0) is 50.9 Å². The summed E-state index contributed by atoms with van der Waals surface area (Å²) >= 11 is 0. The number of benzene rings is 1. The largest absolute Gasteiger partial charge is 0.372 e. The number of carbonyl (C=O) groups is 2. The van der Waals surface area contributed by atoms with E-state index in [0.29, 0.717) is 25.2 Å². The molecule has 2 aliphatic heterocycles. The van der Waals surface area contributed by atoms with Gasteiger partial charge in [0.2, 0.25) is 5.91 Å². The molecule has 1 aromatic carbocycles. The van der Waals surface area contributed by atoms with E-state index < -0.39 is 0 Å². The summed E-state index contributed by atoms with van der Waals surface area (Å²) in [6, 6.07) is 7.43. The first-order chi connectivity index (χ1) is 12.5. The second kappa shape index (κ2) is 10.1. The highest BCUT2D eigenvalue weighted by Gasteiger charge is 2.26. The number of piperidine rings is 1. The highest BCUT2D eigenvalue weighted by molar-refractivity contribution is 5.94. The highest BCUT2D eigenvalue weighted by Crippen LogP contribution is 2.15. The third-order valence-corrected chi connectivity index (χ3v) is 5.00. The van der Waals surface area contributed by atoms with Gasteiger partial charge in [-0.25, -0.2) is 0 Å². The lowest BCUT2D eigenvalue weighted by Gasteiger charge is -2.35. The van der Waals surface area contributed by atoms with Crippen molar-refractivity contribution < 1.29 is 14.3 Å². The van der Waals surface area contributed by atoms with Gasteiger partial charge in [0, 0.05) is 25.2 Å². The lowest BCUT2D eigenvalue weighted by atomic mass is 10.0. The number of hydrogen-bond acceptors (Lipinski definition) is 4. The van der Waals surface area contributed by atoms with E-state index in [0.717, 1.165) is 31.4 Å². The maximum absolute atomic E-state index is 12.7. The molecular weight excluding hydrogens is 366 g/mol. The van der Waals surface area contributed by atoms with Crippen LogP contribution in [-0.2, 0) is 16.1 Å². The Morgan fingerprint density at radius 2 is 1.81 bits per heavy atom. The molecule has 6 nitrogen and oxygen atoms in total. The summed E-state index contributed by atoms with van der Waals surface area (Å²) in [4.78, 5) is 26.7. The first-order valence-corrected chi connectivity index (χ1v) is 9.57. The van der Waals surface area contributed by atoms with Gasteiger partial charge >= 0.3 is 0 Å². The van der Waals surface area contributed by atoms with E-state index in [1.807, 2.05) is 43.0 Å². The Morgan fingerprint density at radius 1 is 1.15 bits per heavy atom. The molecule has 0 spiro atoms. The van der Waals surface area contributed by atoms with Crippen LogP contribution in [0.1, 0.15) is 49.0 Å². The number of ether oxygens (including phenoxy) is 1. The predicted octanol–water partition coefficient (Wildman–Crippen LogP) is 2.12. The molecule has 3 unspecified atom stereocenters. The van der Waals surface area contributed by atoms with Gasteiger partial charge in [-0.3, -0.25) is 9.59 Å². The van der Waals surface area contributed by atoms with Gasteiger partial charge in [-0.2, -0.15) is 0 Å². The Kier molecular flexibility index (Phi) is 8.07. The van der Waals surface area contributed by atoms with Crippen LogP contribution in [0.15, 0.2) is 24.3 Å². The van der Waals surface area contributed by atoms with Crippen molar-refractivity contribution >= 4 is 24.2 Å². The molecule has 2 amide bonds. The van der Waals surface area contributed by atoms with Crippen LogP contribution in [0.5, 0.6) is 0 Å². The molecule has 1 aromatic rings. The number of amides is 2. The van der Waals surface area contributed by atoms with E-state index in [9.17, 15) is 9.59 Å². The third-order valence-electron chi connectivity index (χ3n) is 5.00. The Labute approximate surface area is 167 Å². The van der Waals surface area contributed by atoms with E-state index in [1.165, 1.54) is 0 Å². The van der Waals surface area contributed by atoms with Crippen LogP contribution in [0, 0.1) is 0 Å². The minimum atomic E-state index is -0.0742. The van der Waals surface area contributed by atoms with Crippen LogP contribution in [-0.4, -0.2) is 54.6 Å². The fourth-order valence-electron chi connectivity index (χ4n) is 3.68. The number of halogens is 1. The summed E-state index contributed by atoms with van der Waals surface area (Å²) in [5.74, 6) is 0.0927. The first kappa shape index (κ1) is 21.7. The SMILES string of the molecule is CC1CN(C(=O)c2ccc(CNC(=O)C3CCCCN3)cc2)CC(C)O1.Cl. The zero-order valence-corrected chi connectivity index (χ0v) is 16.9. The molecule has 2 saturated heterocycles. The van der Waals surface area contributed by atoms with Gasteiger partial charge in [0.05, 0.1) is 18.2 Å². The Bertz CT molecular complexity index is 622. The van der Waals surface area contributed by atoms with E-state index in [-0.39, 0.29) is 42.5 Å². The van der Waals surface area contributed by atoms with E-state index in [2.05, 4.69) is 10.6 Å². The van der Waals surface area contributed by atoms with Crippen molar-refractivity contribution in [1.29, 1.82) is 0 Å². The first-order valence-electron chi connectivity index (χ1n) is 9.57. The molecular formula is C20H30ClN3O3. The van der Waals surface area contributed by atoms with Crippen molar-refractivity contribution in [2.75, 3.05) is 19.6 Å². The number of nitrogens with zero attached hydrogens (tertiary/aromatic N) is 1. The average molecular weight is 396 g/mol. The molecule has 0 bridgehead atoms. The van der Waals surface area contributed by atoms with Crippen molar-refractivity contribution in [2.24, 2.45) is 0 Å². The quantitative estimate of drug-likeness (QED) is 0.819. The Morgan fingerprint density at radius 3 is 2.41 bits per heavy atom. The van der Waals surface area contributed by atoms with Crippen LogP contribution >= 0.6 is 12.4 Å². The molecule has 0 radical (unpaired) electrons. The lowest BCUT2D eigenvalue weighted by Crippen LogP contribution is -2.48. The molecule has 27 heavy (non-hydrogen) atoms. The fourth-order valence-corrected chi connectivity index (χ4v) is 3.68. The fraction of sp³-hybridized carbons (Fsp3) is 0.600. The summed E-state index contributed by atoms with van der Waals surface area (Å²) in [6.07, 6.45) is 3.26. The van der Waals surface area contributed by atoms with Gasteiger partial charge in [-0.15, -0.1) is 12.4 Å². The molecule has 0 aromatic heterocycles. The van der Waals surface area contributed by atoms with Crippen molar-refractivity contribution in [3.05, 3.63) is 35.4 Å². The van der Waals surface area contributed by atoms with Crippen LogP contribution in [0.3, 0.4) is 0 Å². The summed E-state index contributed by atoms with van der Waals surface area (Å²) in [5, 5.41) is 6.23. The zero-order valence-electron chi connectivity index (χ0n) is 16.1. The second-order valence-electron chi connectivity index (χ2n) is 7.38. The van der Waals surface area contributed by atoms with Crippen LogP contribution in [0.4, 0.5) is 0 Å². The molecule has 0 aliphatic carbocycles. The minimum absolute atomic E-state index is 0. The molecule has 150 valence electrons. The van der Waals surface area contributed by atoms with E-state index in [4.69, 9.17) is 4.74 Å². The third kappa shape index (κ3) is 5.92. The molecule has 2 aliphatic rings. The summed E-state index contributed by atoms with van der Waals surface area (Å²) in [5.41, 5.74) is 1.67. The zero-order chi connectivity index (χ0) is 18.5. The molecule has 0 saturated carbocycles. The highest BCUT2D eigenvalue weighted by atomic mass is 35.5. The Hall–Kier alpha value is -1.63.